The Morgan fingerprint density at radius 1 is 1.00 bits per heavy atom. The minimum absolute atomic E-state index is 0.428. The van der Waals surface area contributed by atoms with Crippen molar-refractivity contribution < 1.29 is 0 Å². The summed E-state index contributed by atoms with van der Waals surface area (Å²) in [4.78, 5) is 0.428. The highest BCUT2D eigenvalue weighted by Crippen LogP contribution is 2.18. The van der Waals surface area contributed by atoms with E-state index in [-0.39, 0.29) is 0 Å². The van der Waals surface area contributed by atoms with Gasteiger partial charge in [-0.25, -0.2) is 0 Å². The van der Waals surface area contributed by atoms with Crippen molar-refractivity contribution in [1.29, 1.82) is 0 Å². The van der Waals surface area contributed by atoms with Gasteiger partial charge in [0.05, 0.1) is 0 Å². The maximum absolute atomic E-state index is 5.58. The molecule has 0 radical (unpaired) electrons. The van der Waals surface area contributed by atoms with Crippen LogP contribution in [-0.4, -0.2) is 4.99 Å². The zero-order valence-corrected chi connectivity index (χ0v) is 12.5. The summed E-state index contributed by atoms with van der Waals surface area (Å²) in [5.74, 6) is 0. The highest BCUT2D eigenvalue weighted by atomic mass is 32.1. The van der Waals surface area contributed by atoms with Gasteiger partial charge in [0, 0.05) is 16.9 Å². The van der Waals surface area contributed by atoms with Gasteiger partial charge in [0.1, 0.15) is 4.99 Å². The quantitative estimate of drug-likeness (QED) is 0.772. The second kappa shape index (κ2) is 7.06. The molecule has 0 aliphatic carbocycles. The molecule has 0 amide bonds. The molecule has 20 heavy (non-hydrogen) atoms. The number of rotatable bonds is 6. The van der Waals surface area contributed by atoms with Gasteiger partial charge in [-0.15, -0.1) is 0 Å². The van der Waals surface area contributed by atoms with E-state index in [1.807, 2.05) is 24.3 Å². The summed E-state index contributed by atoms with van der Waals surface area (Å²) in [6.07, 6.45) is 3.63. The largest absolute Gasteiger partial charge is 0.389 e. The fourth-order valence-electron chi connectivity index (χ4n) is 2.02. The second-order valence-corrected chi connectivity index (χ2v) is 5.31. The third-order valence-electron chi connectivity index (χ3n) is 3.23. The van der Waals surface area contributed by atoms with E-state index >= 15 is 0 Å². The lowest BCUT2D eigenvalue weighted by Crippen LogP contribution is -2.08. The number of nitrogens with one attached hydrogen (secondary N) is 1. The number of unbranched alkanes of at least 4 members (excludes halogenated alkanes) is 1. The van der Waals surface area contributed by atoms with Crippen LogP contribution in [0.2, 0.25) is 0 Å². The molecule has 0 aliphatic heterocycles. The lowest BCUT2D eigenvalue weighted by molar-refractivity contribution is 0.795. The topological polar surface area (TPSA) is 38.0 Å². The first-order valence-corrected chi connectivity index (χ1v) is 7.35. The van der Waals surface area contributed by atoms with E-state index in [4.69, 9.17) is 18.0 Å². The van der Waals surface area contributed by atoms with Gasteiger partial charge in [-0.3, -0.25) is 0 Å². The van der Waals surface area contributed by atoms with Crippen LogP contribution >= 0.6 is 12.2 Å². The molecule has 2 rings (SSSR count). The van der Waals surface area contributed by atoms with Gasteiger partial charge in [0.15, 0.2) is 0 Å². The Hall–Kier alpha value is -1.87. The Labute approximate surface area is 126 Å². The van der Waals surface area contributed by atoms with Gasteiger partial charge in [-0.05, 0) is 54.8 Å². The van der Waals surface area contributed by atoms with Crippen LogP contribution in [0.25, 0.3) is 0 Å². The van der Waals surface area contributed by atoms with Crippen LogP contribution < -0.4 is 11.1 Å². The minimum atomic E-state index is 0.428. The van der Waals surface area contributed by atoms with Crippen molar-refractivity contribution in [2.24, 2.45) is 5.73 Å². The number of hydrogen-bond acceptors (Lipinski definition) is 2. The summed E-state index contributed by atoms with van der Waals surface area (Å²) in [5, 5.41) is 3.37. The molecular weight excluding hydrogens is 264 g/mol. The van der Waals surface area contributed by atoms with Crippen molar-refractivity contribution in [3.05, 3.63) is 59.7 Å². The molecule has 2 aromatic carbocycles. The third-order valence-corrected chi connectivity index (χ3v) is 3.47. The van der Waals surface area contributed by atoms with Gasteiger partial charge in [-0.2, -0.15) is 0 Å². The standard InChI is InChI=1S/C17H20N2S/c1-2-3-4-13-5-9-15(10-6-13)19-16-11-7-14(8-12-16)17(18)20/h5-12,19H,2-4H2,1H3,(H2,18,20). The van der Waals surface area contributed by atoms with Crippen LogP contribution in [0.5, 0.6) is 0 Å². The highest BCUT2D eigenvalue weighted by molar-refractivity contribution is 7.80. The monoisotopic (exact) mass is 284 g/mol. The molecule has 0 unspecified atom stereocenters. The molecule has 2 nitrogen and oxygen atoms in total. The third kappa shape index (κ3) is 4.07. The second-order valence-electron chi connectivity index (χ2n) is 4.87. The van der Waals surface area contributed by atoms with Crippen molar-refractivity contribution in [3.63, 3.8) is 0 Å². The normalized spacial score (nSPS) is 10.2. The van der Waals surface area contributed by atoms with Crippen LogP contribution in [-0.2, 0) is 6.42 Å². The van der Waals surface area contributed by atoms with E-state index in [9.17, 15) is 0 Å². The van der Waals surface area contributed by atoms with E-state index in [1.54, 1.807) is 0 Å². The number of anilines is 2. The van der Waals surface area contributed by atoms with E-state index in [2.05, 4.69) is 36.5 Å². The fraction of sp³-hybridized carbons (Fsp3) is 0.235. The zero-order valence-electron chi connectivity index (χ0n) is 11.7. The first-order chi connectivity index (χ1) is 9.69. The summed E-state index contributed by atoms with van der Waals surface area (Å²) in [7, 11) is 0. The predicted molar refractivity (Wildman–Crippen MR) is 90.7 cm³/mol. The summed E-state index contributed by atoms with van der Waals surface area (Å²) in [6, 6.07) is 16.4. The van der Waals surface area contributed by atoms with Crippen LogP contribution in [0.1, 0.15) is 30.9 Å². The smallest absolute Gasteiger partial charge is 0.103 e. The maximum atomic E-state index is 5.58. The van der Waals surface area contributed by atoms with Crippen molar-refractivity contribution in [3.8, 4) is 0 Å². The number of hydrogen-bond donors (Lipinski definition) is 2. The predicted octanol–water partition coefficient (Wildman–Crippen LogP) is 4.41. The summed E-state index contributed by atoms with van der Waals surface area (Å²) in [6.45, 7) is 2.21. The molecule has 0 aromatic heterocycles. The molecule has 0 saturated heterocycles. The first kappa shape index (κ1) is 14.5. The van der Waals surface area contributed by atoms with Gasteiger partial charge >= 0.3 is 0 Å². The Bertz CT molecular complexity index is 559. The molecule has 0 spiro atoms. The van der Waals surface area contributed by atoms with Gasteiger partial charge in [0.2, 0.25) is 0 Å². The average Bonchev–Trinajstić information content (AvgIpc) is 2.47. The SMILES string of the molecule is CCCCc1ccc(Nc2ccc(C(N)=S)cc2)cc1. The summed E-state index contributed by atoms with van der Waals surface area (Å²) >= 11 is 4.94. The molecule has 0 heterocycles. The lowest BCUT2D eigenvalue weighted by atomic mass is 10.1. The molecule has 2 aromatic rings. The van der Waals surface area contributed by atoms with E-state index in [0.717, 1.165) is 23.4 Å². The number of nitrogens with two attached hydrogens (primary N) is 1. The van der Waals surface area contributed by atoms with Gasteiger partial charge < -0.3 is 11.1 Å². The Kier molecular flexibility index (Phi) is 5.13. The average molecular weight is 284 g/mol. The molecule has 0 aliphatic rings. The van der Waals surface area contributed by atoms with Crippen LogP contribution in [0.15, 0.2) is 48.5 Å². The van der Waals surface area contributed by atoms with Crippen molar-refractivity contribution in [2.45, 2.75) is 26.2 Å². The maximum Gasteiger partial charge on any atom is 0.103 e. The zero-order chi connectivity index (χ0) is 14.4. The number of thiocarbonyl (C=S) groups is 1. The van der Waals surface area contributed by atoms with E-state index < -0.39 is 0 Å². The first-order valence-electron chi connectivity index (χ1n) is 6.95. The Balaban J connectivity index is 2.00. The summed E-state index contributed by atoms with van der Waals surface area (Å²) < 4.78 is 0. The molecular formula is C17H20N2S. The van der Waals surface area contributed by atoms with Crippen LogP contribution in [0.3, 0.4) is 0 Å². The molecule has 0 bridgehead atoms. The Morgan fingerprint density at radius 2 is 1.55 bits per heavy atom. The summed E-state index contributed by atoms with van der Waals surface area (Å²) in [5.41, 5.74) is 9.99. The molecule has 3 N–H and O–H groups in total. The van der Waals surface area contributed by atoms with Crippen molar-refractivity contribution >= 4 is 28.6 Å². The van der Waals surface area contributed by atoms with E-state index in [1.165, 1.54) is 18.4 Å². The van der Waals surface area contributed by atoms with Crippen LogP contribution in [0.4, 0.5) is 11.4 Å². The molecule has 3 heteroatoms. The number of aryl methyl sites for hydroxylation is 1. The number of benzene rings is 2. The van der Waals surface area contributed by atoms with Crippen molar-refractivity contribution in [2.75, 3.05) is 5.32 Å². The molecule has 0 saturated carbocycles. The minimum Gasteiger partial charge on any atom is -0.389 e. The van der Waals surface area contributed by atoms with Gasteiger partial charge in [0.25, 0.3) is 0 Å². The van der Waals surface area contributed by atoms with Gasteiger partial charge in [-0.1, -0.05) is 37.7 Å². The molecule has 0 atom stereocenters. The van der Waals surface area contributed by atoms with Crippen LogP contribution in [0, 0.1) is 0 Å². The highest BCUT2D eigenvalue weighted by Gasteiger charge is 1.98. The lowest BCUT2D eigenvalue weighted by Gasteiger charge is -2.08. The van der Waals surface area contributed by atoms with Crippen molar-refractivity contribution in [1.82, 2.24) is 0 Å². The Morgan fingerprint density at radius 3 is 2.05 bits per heavy atom. The van der Waals surface area contributed by atoms with E-state index in [0.29, 0.717) is 4.99 Å². The fourth-order valence-corrected chi connectivity index (χ4v) is 2.16. The molecule has 0 fully saturated rings. The molecule has 104 valence electrons.